The van der Waals surface area contributed by atoms with Crippen LogP contribution in [0.5, 0.6) is 0 Å². The van der Waals surface area contributed by atoms with Gasteiger partial charge in [0.2, 0.25) is 0 Å². The molecule has 1 N–H and O–H groups in total. The zero-order valence-electron chi connectivity index (χ0n) is 23.3. The molecule has 0 unspecified atom stereocenters. The first-order valence-electron chi connectivity index (χ1n) is 13.8. The van der Waals surface area contributed by atoms with Crippen LogP contribution in [0.15, 0.2) is 43.0 Å². The van der Waals surface area contributed by atoms with E-state index >= 15 is 0 Å². The van der Waals surface area contributed by atoms with Gasteiger partial charge in [-0.1, -0.05) is 18.7 Å². The van der Waals surface area contributed by atoms with E-state index in [2.05, 4.69) is 11.9 Å². The molecule has 9 nitrogen and oxygen atoms in total. The van der Waals surface area contributed by atoms with Gasteiger partial charge in [-0.05, 0) is 64.7 Å². The number of esters is 1. The van der Waals surface area contributed by atoms with Crippen molar-refractivity contribution in [3.8, 4) is 0 Å². The summed E-state index contributed by atoms with van der Waals surface area (Å²) in [5.41, 5.74) is 1.93. The van der Waals surface area contributed by atoms with E-state index in [1.807, 2.05) is 39.0 Å². The summed E-state index contributed by atoms with van der Waals surface area (Å²) < 4.78 is 22.8. The second kappa shape index (κ2) is 14.9. The van der Waals surface area contributed by atoms with Gasteiger partial charge >= 0.3 is 14.8 Å². The topological polar surface area (TPSA) is 103 Å². The molecular formula is C29H40N2O7Si. The first-order valence-corrected chi connectivity index (χ1v) is 15.7. The first kappa shape index (κ1) is 30.5. The third-order valence-corrected chi connectivity index (χ3v) is 9.65. The van der Waals surface area contributed by atoms with Crippen LogP contribution in [0.2, 0.25) is 6.04 Å². The smallest absolute Gasteiger partial charge is 0.463 e. The summed E-state index contributed by atoms with van der Waals surface area (Å²) in [7, 11) is -2.87. The standard InChI is InChI=1S/C29H40N2O7Si/c1-5-26(32)35-20-11-9-10-18-30-25-17-16-24-27-22(25)14-12-15-23(27)28(33)31(29(24)34)19-13-21-39(36-6-2,37-7-3)38-8-4/h5,12,14-17,30H,1,6-11,13,18-21H2,2-4H3. The molecule has 3 rings (SSSR count). The summed E-state index contributed by atoms with van der Waals surface area (Å²) in [6, 6.07) is 9.78. The van der Waals surface area contributed by atoms with Crippen molar-refractivity contribution in [2.75, 3.05) is 44.8 Å². The molecule has 1 aliphatic heterocycles. The molecule has 2 aromatic carbocycles. The number of imide groups is 1. The van der Waals surface area contributed by atoms with Crippen molar-refractivity contribution < 1.29 is 32.4 Å². The fourth-order valence-corrected chi connectivity index (χ4v) is 7.41. The molecule has 39 heavy (non-hydrogen) atoms. The molecule has 0 aliphatic carbocycles. The summed E-state index contributed by atoms with van der Waals surface area (Å²) >= 11 is 0. The monoisotopic (exact) mass is 556 g/mol. The number of carbonyl (C=O) groups excluding carboxylic acids is 3. The van der Waals surface area contributed by atoms with Crippen molar-refractivity contribution in [3.05, 3.63) is 54.1 Å². The Kier molecular flexibility index (Phi) is 11.7. The number of amides is 2. The number of benzene rings is 2. The van der Waals surface area contributed by atoms with Gasteiger partial charge in [-0.25, -0.2) is 4.79 Å². The Labute approximate surface area is 231 Å². The molecule has 0 atom stereocenters. The van der Waals surface area contributed by atoms with Crippen molar-refractivity contribution in [1.82, 2.24) is 4.90 Å². The number of anilines is 1. The maximum absolute atomic E-state index is 13.4. The van der Waals surface area contributed by atoms with Crippen LogP contribution in [0.3, 0.4) is 0 Å². The highest BCUT2D eigenvalue weighted by molar-refractivity contribution is 6.60. The molecule has 2 amide bonds. The number of ether oxygens (including phenoxy) is 1. The van der Waals surface area contributed by atoms with Crippen molar-refractivity contribution in [1.29, 1.82) is 0 Å². The fraction of sp³-hybridized carbons (Fsp3) is 0.483. The number of hydrogen-bond donors (Lipinski definition) is 1. The van der Waals surface area contributed by atoms with Crippen LogP contribution in [-0.2, 0) is 22.8 Å². The molecule has 0 aromatic heterocycles. The molecule has 10 heteroatoms. The molecule has 0 saturated carbocycles. The molecule has 0 fully saturated rings. The van der Waals surface area contributed by atoms with E-state index in [0.717, 1.165) is 36.4 Å². The summed E-state index contributed by atoms with van der Waals surface area (Å²) in [6.45, 7) is 11.9. The fourth-order valence-electron chi connectivity index (χ4n) is 4.82. The van der Waals surface area contributed by atoms with Crippen molar-refractivity contribution in [2.45, 2.75) is 52.5 Å². The van der Waals surface area contributed by atoms with Crippen molar-refractivity contribution >= 4 is 43.0 Å². The van der Waals surface area contributed by atoms with Gasteiger partial charge in [0, 0.05) is 72.6 Å². The van der Waals surface area contributed by atoms with Gasteiger partial charge in [0.1, 0.15) is 0 Å². The maximum Gasteiger partial charge on any atom is 0.500 e. The number of nitrogens with one attached hydrogen (secondary N) is 1. The van der Waals surface area contributed by atoms with Crippen molar-refractivity contribution in [3.63, 3.8) is 0 Å². The average molecular weight is 557 g/mol. The predicted octanol–water partition coefficient (Wildman–Crippen LogP) is 5.19. The van der Waals surface area contributed by atoms with Gasteiger partial charge in [-0.3, -0.25) is 14.5 Å². The lowest BCUT2D eigenvalue weighted by atomic mass is 9.93. The molecule has 212 valence electrons. The lowest BCUT2D eigenvalue weighted by molar-refractivity contribution is -0.137. The van der Waals surface area contributed by atoms with E-state index < -0.39 is 14.8 Å². The first-order chi connectivity index (χ1) is 18.9. The van der Waals surface area contributed by atoms with Crippen LogP contribution < -0.4 is 5.32 Å². The Bertz CT molecular complexity index is 1130. The minimum Gasteiger partial charge on any atom is -0.463 e. The zero-order chi connectivity index (χ0) is 28.3. The summed E-state index contributed by atoms with van der Waals surface area (Å²) in [5.74, 6) is -0.988. The number of unbranched alkanes of at least 4 members (excludes halogenated alkanes) is 2. The number of carbonyl (C=O) groups is 3. The second-order valence-electron chi connectivity index (χ2n) is 9.10. The molecule has 0 spiro atoms. The maximum atomic E-state index is 13.4. The van der Waals surface area contributed by atoms with E-state index in [1.165, 1.54) is 4.90 Å². The van der Waals surface area contributed by atoms with Crippen LogP contribution in [0.1, 0.15) is 67.2 Å². The third kappa shape index (κ3) is 7.54. The van der Waals surface area contributed by atoms with Gasteiger partial charge in [-0.2, -0.15) is 0 Å². The summed E-state index contributed by atoms with van der Waals surface area (Å²) in [5, 5.41) is 4.97. The lowest BCUT2D eigenvalue weighted by Gasteiger charge is -2.31. The zero-order valence-corrected chi connectivity index (χ0v) is 24.3. The van der Waals surface area contributed by atoms with Gasteiger partial charge < -0.3 is 23.3 Å². The predicted molar refractivity (Wildman–Crippen MR) is 153 cm³/mol. The van der Waals surface area contributed by atoms with Crippen LogP contribution in [0.4, 0.5) is 5.69 Å². The molecular weight excluding hydrogens is 516 g/mol. The SMILES string of the molecule is C=CC(=O)OCCCCCNc1ccc2c3c(cccc13)C(=O)N(CCC[Si](OCC)(OCC)OCC)C2=O. The molecule has 0 radical (unpaired) electrons. The minimum absolute atomic E-state index is 0.261. The van der Waals surface area contributed by atoms with Crippen LogP contribution in [-0.4, -0.2) is 71.0 Å². The molecule has 1 heterocycles. The van der Waals surface area contributed by atoms with Gasteiger partial charge in [-0.15, -0.1) is 0 Å². The van der Waals surface area contributed by atoms with E-state index in [1.54, 1.807) is 12.1 Å². The van der Waals surface area contributed by atoms with Gasteiger partial charge in [0.25, 0.3) is 11.8 Å². The Morgan fingerprint density at radius 2 is 1.59 bits per heavy atom. The minimum atomic E-state index is -2.87. The normalized spacial score (nSPS) is 13.2. The largest absolute Gasteiger partial charge is 0.500 e. The van der Waals surface area contributed by atoms with Crippen LogP contribution in [0.25, 0.3) is 10.8 Å². The lowest BCUT2D eigenvalue weighted by Crippen LogP contribution is -2.47. The Morgan fingerprint density at radius 3 is 2.23 bits per heavy atom. The van der Waals surface area contributed by atoms with Gasteiger partial charge in [0.15, 0.2) is 0 Å². The highest BCUT2D eigenvalue weighted by Crippen LogP contribution is 2.34. The number of rotatable bonds is 18. The molecule has 0 bridgehead atoms. The number of hydrogen-bond acceptors (Lipinski definition) is 8. The van der Waals surface area contributed by atoms with Crippen LogP contribution >= 0.6 is 0 Å². The van der Waals surface area contributed by atoms with Gasteiger partial charge in [0.05, 0.1) is 6.61 Å². The van der Waals surface area contributed by atoms with Crippen LogP contribution in [0, 0.1) is 0 Å². The van der Waals surface area contributed by atoms with E-state index in [9.17, 15) is 14.4 Å². The van der Waals surface area contributed by atoms with E-state index in [-0.39, 0.29) is 18.4 Å². The molecule has 0 saturated heterocycles. The molecule has 1 aliphatic rings. The summed E-state index contributed by atoms with van der Waals surface area (Å²) in [6.07, 6.45) is 4.24. The highest BCUT2D eigenvalue weighted by Gasteiger charge is 2.41. The second-order valence-corrected chi connectivity index (χ2v) is 11.8. The van der Waals surface area contributed by atoms with E-state index in [4.69, 9.17) is 18.0 Å². The van der Waals surface area contributed by atoms with Crippen molar-refractivity contribution in [2.24, 2.45) is 0 Å². The Balaban J connectivity index is 1.67. The highest BCUT2D eigenvalue weighted by atomic mass is 28.4. The summed E-state index contributed by atoms with van der Waals surface area (Å²) in [4.78, 5) is 39.3. The Morgan fingerprint density at radius 1 is 0.923 bits per heavy atom. The average Bonchev–Trinajstić information content (AvgIpc) is 2.93. The Hall–Kier alpha value is -3.05. The quantitative estimate of drug-likeness (QED) is 0.0880. The van der Waals surface area contributed by atoms with E-state index in [0.29, 0.717) is 62.0 Å². The number of nitrogens with zero attached hydrogens (tertiary/aromatic N) is 1. The molecule has 2 aromatic rings. The third-order valence-electron chi connectivity index (χ3n) is 6.50.